The normalized spacial score (nSPS) is 21.8. The minimum absolute atomic E-state index is 0.0273. The van der Waals surface area contributed by atoms with Crippen LogP contribution < -0.4 is 16.4 Å². The van der Waals surface area contributed by atoms with Crippen molar-refractivity contribution in [2.24, 2.45) is 29.1 Å². The molecular formula is C40H72N7O18P3S. The number of nitrogen functional groups attached to an aromatic ring is 1. The molecule has 1 aliphatic rings. The number of carbonyl (C=O) groups is 3. The standard InChI is InChI=1S/C40H72N7O18P3S/c1-24(2)10-8-11-25(3)12-9-13-26(4)14-15-28(48)27(5)39(53)69-19-18-42-30(49)16-17-43-37(52)34(51)40(6,7)21-62-68(59,60)65-67(57,58)61-20-29-33(64-66(54,55)56)32(50)38(63-29)47-23-46-31-35(41)44-22-45-36(31)47/h22-29,32-34,38,48,50-51H,8-21H2,1-7H3,(H,42,49)(H,43,52)(H,57,58)(H,59,60)(H2,41,44,45)(H2,54,55,56)/t25?,26?,27?,28?,29-,32-,33-,34+,38-/m1/s1. The van der Waals surface area contributed by atoms with Gasteiger partial charge >= 0.3 is 23.5 Å². The molecule has 29 heteroatoms. The lowest BCUT2D eigenvalue weighted by atomic mass is 9.87. The molecule has 3 heterocycles. The molecule has 0 spiro atoms. The first-order valence-corrected chi connectivity index (χ1v) is 28.3. The lowest BCUT2D eigenvalue weighted by Crippen LogP contribution is -2.46. The molecule has 2 amide bonds. The summed E-state index contributed by atoms with van der Waals surface area (Å²) in [6.45, 7) is 11.1. The summed E-state index contributed by atoms with van der Waals surface area (Å²) < 4.78 is 62.5. The van der Waals surface area contributed by atoms with Crippen LogP contribution in [-0.2, 0) is 50.7 Å². The maximum absolute atomic E-state index is 12.8. The second-order valence-electron chi connectivity index (χ2n) is 18.6. The Morgan fingerprint density at radius 2 is 1.51 bits per heavy atom. The number of fused-ring (bicyclic) bond motifs is 1. The van der Waals surface area contributed by atoms with Crippen molar-refractivity contribution in [2.75, 3.05) is 37.8 Å². The number of aromatic nitrogens is 4. The molecule has 0 aliphatic carbocycles. The molecule has 25 nitrogen and oxygen atoms in total. The fourth-order valence-corrected chi connectivity index (χ4v) is 10.9. The van der Waals surface area contributed by atoms with Gasteiger partial charge in [0.1, 0.15) is 36.3 Å². The maximum Gasteiger partial charge on any atom is 0.481 e. The summed E-state index contributed by atoms with van der Waals surface area (Å²) in [4.78, 5) is 89.0. The average Bonchev–Trinajstić information content (AvgIpc) is 3.81. The summed E-state index contributed by atoms with van der Waals surface area (Å²) in [5, 5.41) is 37.1. The predicted molar refractivity (Wildman–Crippen MR) is 252 cm³/mol. The molecule has 1 fully saturated rings. The van der Waals surface area contributed by atoms with Crippen LogP contribution in [0.25, 0.3) is 11.2 Å². The van der Waals surface area contributed by atoms with Gasteiger partial charge in [0.25, 0.3) is 0 Å². The quantitative estimate of drug-likeness (QED) is 0.0369. The fraction of sp³-hybridized carbons (Fsp3) is 0.800. The van der Waals surface area contributed by atoms with Gasteiger partial charge in [-0.2, -0.15) is 4.31 Å². The van der Waals surface area contributed by atoms with Crippen LogP contribution in [0.2, 0.25) is 0 Å². The maximum atomic E-state index is 12.8. The molecule has 0 radical (unpaired) electrons. The first-order chi connectivity index (χ1) is 32.0. The van der Waals surface area contributed by atoms with Crippen LogP contribution in [0.15, 0.2) is 12.7 Å². The van der Waals surface area contributed by atoms with Gasteiger partial charge in [0.15, 0.2) is 22.8 Å². The number of anilines is 1. The summed E-state index contributed by atoms with van der Waals surface area (Å²) in [5.74, 6) is 0.0721. The van der Waals surface area contributed by atoms with Gasteiger partial charge in [0, 0.05) is 30.7 Å². The summed E-state index contributed by atoms with van der Waals surface area (Å²) in [5.41, 5.74) is 4.25. The predicted octanol–water partition coefficient (Wildman–Crippen LogP) is 3.71. The molecule has 69 heavy (non-hydrogen) atoms. The van der Waals surface area contributed by atoms with E-state index in [1.807, 2.05) is 0 Å². The lowest BCUT2D eigenvalue weighted by molar-refractivity contribution is -0.137. The molecule has 11 N–H and O–H groups in total. The topological polar surface area (TPSA) is 384 Å². The van der Waals surface area contributed by atoms with Crippen LogP contribution in [-0.4, -0.2) is 134 Å². The number of rotatable bonds is 32. The van der Waals surface area contributed by atoms with Gasteiger partial charge in [-0.25, -0.2) is 28.6 Å². The van der Waals surface area contributed by atoms with Crippen LogP contribution in [0.5, 0.6) is 0 Å². The number of imidazole rings is 1. The molecule has 0 saturated carbocycles. The second kappa shape index (κ2) is 27.5. The largest absolute Gasteiger partial charge is 0.481 e. The molecule has 0 aromatic carbocycles. The number of aliphatic hydroxyl groups is 3. The van der Waals surface area contributed by atoms with Crippen molar-refractivity contribution in [1.82, 2.24) is 30.2 Å². The van der Waals surface area contributed by atoms with Crippen molar-refractivity contribution < 1.29 is 85.6 Å². The van der Waals surface area contributed by atoms with Crippen molar-refractivity contribution in [3.63, 3.8) is 0 Å². The second-order valence-corrected chi connectivity index (χ2v) is 24.0. The Labute approximate surface area is 406 Å². The summed E-state index contributed by atoms with van der Waals surface area (Å²) in [6.07, 6.45) is 0.792. The van der Waals surface area contributed by atoms with Crippen molar-refractivity contribution in [1.29, 1.82) is 0 Å². The first kappa shape index (κ1) is 60.8. The van der Waals surface area contributed by atoms with Crippen molar-refractivity contribution in [3.8, 4) is 0 Å². The van der Waals surface area contributed by atoms with E-state index < -0.39 is 96.6 Å². The third kappa shape index (κ3) is 20.9. The Morgan fingerprint density at radius 1 is 0.884 bits per heavy atom. The summed E-state index contributed by atoms with van der Waals surface area (Å²) >= 11 is 1.01. The molecule has 2 aromatic heterocycles. The van der Waals surface area contributed by atoms with Gasteiger partial charge in [0.05, 0.1) is 31.6 Å². The van der Waals surface area contributed by atoms with Crippen LogP contribution >= 0.6 is 35.2 Å². The molecule has 3 rings (SSSR count). The third-order valence-corrected chi connectivity index (χ3v) is 15.7. The Hall–Kier alpha value is -2.48. The van der Waals surface area contributed by atoms with Crippen molar-refractivity contribution >= 4 is 69.1 Å². The highest BCUT2D eigenvalue weighted by atomic mass is 32.2. The van der Waals surface area contributed by atoms with E-state index in [0.717, 1.165) is 54.2 Å². The number of ether oxygens (including phenoxy) is 1. The number of nitrogens with zero attached hydrogens (tertiary/aromatic N) is 4. The van der Waals surface area contributed by atoms with Crippen LogP contribution in [0.3, 0.4) is 0 Å². The van der Waals surface area contributed by atoms with Gasteiger partial charge in [-0.15, -0.1) is 0 Å². The van der Waals surface area contributed by atoms with Gasteiger partial charge in [0.2, 0.25) is 11.8 Å². The number of carbonyl (C=O) groups excluding carboxylic acids is 3. The van der Waals surface area contributed by atoms with E-state index in [2.05, 4.69) is 62.1 Å². The summed E-state index contributed by atoms with van der Waals surface area (Å²) in [6, 6.07) is 0. The fourth-order valence-electron chi connectivity index (χ4n) is 7.25. The van der Waals surface area contributed by atoms with Gasteiger partial charge in [-0.05, 0) is 30.6 Å². The summed E-state index contributed by atoms with van der Waals surface area (Å²) in [7, 11) is -16.5. The van der Waals surface area contributed by atoms with E-state index in [4.69, 9.17) is 19.5 Å². The van der Waals surface area contributed by atoms with E-state index in [1.54, 1.807) is 6.92 Å². The van der Waals surface area contributed by atoms with Crippen molar-refractivity contribution in [2.45, 2.75) is 143 Å². The van der Waals surface area contributed by atoms with Gasteiger partial charge in [-0.3, -0.25) is 32.5 Å². The molecular weight excluding hydrogens is 991 g/mol. The van der Waals surface area contributed by atoms with Gasteiger partial charge in [-0.1, -0.05) is 98.8 Å². The zero-order chi connectivity index (χ0) is 51.9. The van der Waals surface area contributed by atoms with Crippen LogP contribution in [0, 0.1) is 29.1 Å². The highest BCUT2D eigenvalue weighted by Gasteiger charge is 2.50. The smallest absolute Gasteiger partial charge is 0.392 e. The van der Waals surface area contributed by atoms with E-state index >= 15 is 0 Å². The number of phosphoric ester groups is 3. The average molecular weight is 1060 g/mol. The minimum Gasteiger partial charge on any atom is -0.392 e. The first-order valence-electron chi connectivity index (χ1n) is 22.8. The van der Waals surface area contributed by atoms with E-state index in [9.17, 15) is 63.0 Å². The molecule has 1 aliphatic heterocycles. The van der Waals surface area contributed by atoms with E-state index in [1.165, 1.54) is 39.5 Å². The molecule has 11 atom stereocenters. The van der Waals surface area contributed by atoms with Crippen LogP contribution in [0.1, 0.15) is 112 Å². The van der Waals surface area contributed by atoms with E-state index in [0.29, 0.717) is 18.3 Å². The monoisotopic (exact) mass is 1060 g/mol. The number of nitrogens with two attached hydrogens (primary N) is 1. The number of phosphoric acid groups is 3. The Kier molecular flexibility index (Phi) is 24.3. The van der Waals surface area contributed by atoms with Crippen LogP contribution in [0.4, 0.5) is 5.82 Å². The molecule has 1 saturated heterocycles. The molecule has 396 valence electrons. The SMILES string of the molecule is CC(C)CCCC(C)CCCC(C)CCC(O)C(C)C(=O)SCCNC(=O)CCNC(=O)[C@H](O)C(C)(C)COP(=O)(O)OP(=O)(O)OC[C@H]1O[C@@H](n2cnc3c(N)ncnc32)[C@H](O)[C@@H]1OP(=O)(O)O. The highest BCUT2D eigenvalue weighted by Crippen LogP contribution is 2.61. The highest BCUT2D eigenvalue weighted by molar-refractivity contribution is 8.13. The Balaban J connectivity index is 1.36. The number of amides is 2. The number of hydrogen-bond acceptors (Lipinski definition) is 19. The molecule has 0 bridgehead atoms. The van der Waals surface area contributed by atoms with Crippen molar-refractivity contribution in [3.05, 3.63) is 12.7 Å². The zero-order valence-corrected chi connectivity index (χ0v) is 43.6. The minimum atomic E-state index is -5.59. The third-order valence-electron chi connectivity index (χ3n) is 11.5. The number of thioether (sulfide) groups is 1. The zero-order valence-electron chi connectivity index (χ0n) is 40.1. The lowest BCUT2D eigenvalue weighted by Gasteiger charge is -2.30. The Morgan fingerprint density at radius 3 is 2.14 bits per heavy atom. The number of hydrogen-bond donors (Lipinski definition) is 10. The number of aliphatic hydroxyl groups excluding tert-OH is 3. The number of nitrogens with one attached hydrogen (secondary N) is 2. The van der Waals surface area contributed by atoms with E-state index in [-0.39, 0.29) is 47.4 Å². The molecule has 2 aromatic rings. The molecule has 6 unspecified atom stereocenters. The van der Waals surface area contributed by atoms with Gasteiger partial charge < -0.3 is 56.0 Å². The Bertz CT molecular complexity index is 2120.